The molecule has 0 aliphatic rings. The Morgan fingerprint density at radius 2 is 1.86 bits per heavy atom. The van der Waals surface area contributed by atoms with Gasteiger partial charge < -0.3 is 9.47 Å². The van der Waals surface area contributed by atoms with Crippen LogP contribution < -0.4 is 9.47 Å². The van der Waals surface area contributed by atoms with Crippen LogP contribution in [0, 0.1) is 19.7 Å². The number of aryl methyl sites for hydroxylation is 2. The molecule has 0 saturated heterocycles. The van der Waals surface area contributed by atoms with E-state index in [2.05, 4.69) is 39.1 Å². The van der Waals surface area contributed by atoms with Gasteiger partial charge in [0.1, 0.15) is 12.4 Å². The highest BCUT2D eigenvalue weighted by atomic mass is 79.9. The molecule has 150 valence electrons. The second-order valence-corrected chi connectivity index (χ2v) is 7.58. The molecule has 0 heterocycles. The van der Waals surface area contributed by atoms with E-state index in [0.717, 1.165) is 26.9 Å². The molecule has 0 unspecified atom stereocenters. The van der Waals surface area contributed by atoms with Crippen LogP contribution in [0.25, 0.3) is 0 Å². The average Bonchev–Trinajstić information content (AvgIpc) is 2.68. The Kier molecular flexibility index (Phi) is 7.04. The van der Waals surface area contributed by atoms with Gasteiger partial charge in [-0.05, 0) is 89.3 Å². The van der Waals surface area contributed by atoms with E-state index >= 15 is 0 Å². The molecule has 0 spiro atoms. The third-order valence-corrected chi connectivity index (χ3v) is 4.91. The van der Waals surface area contributed by atoms with Crippen LogP contribution in [0.2, 0.25) is 0 Å². The number of aliphatic imine (C=N–C) groups is 1. The molecule has 3 rings (SSSR count). The maximum Gasteiger partial charge on any atom is 0.175 e. The molecule has 0 atom stereocenters. The summed E-state index contributed by atoms with van der Waals surface area (Å²) < 4.78 is 25.9. The molecule has 5 heteroatoms. The van der Waals surface area contributed by atoms with E-state index in [1.165, 1.54) is 17.7 Å². The first-order valence-corrected chi connectivity index (χ1v) is 10.2. The van der Waals surface area contributed by atoms with Gasteiger partial charge in [0.25, 0.3) is 0 Å². The zero-order valence-electron chi connectivity index (χ0n) is 16.7. The van der Waals surface area contributed by atoms with Crippen molar-refractivity contribution in [2.75, 3.05) is 6.61 Å². The third kappa shape index (κ3) is 5.67. The van der Waals surface area contributed by atoms with Gasteiger partial charge in [-0.3, -0.25) is 4.99 Å². The van der Waals surface area contributed by atoms with Crippen molar-refractivity contribution in [2.24, 2.45) is 4.99 Å². The fourth-order valence-electron chi connectivity index (χ4n) is 2.85. The minimum atomic E-state index is -0.284. The number of rotatable bonds is 7. The Bertz CT molecular complexity index is 1030. The summed E-state index contributed by atoms with van der Waals surface area (Å²) in [4.78, 5) is 4.63. The van der Waals surface area contributed by atoms with Gasteiger partial charge >= 0.3 is 0 Å². The lowest BCUT2D eigenvalue weighted by Gasteiger charge is -2.15. The predicted molar refractivity (Wildman–Crippen MR) is 119 cm³/mol. The second-order valence-electron chi connectivity index (χ2n) is 6.73. The van der Waals surface area contributed by atoms with Crippen molar-refractivity contribution in [3.8, 4) is 11.5 Å². The first-order valence-electron chi connectivity index (χ1n) is 9.41. The summed E-state index contributed by atoms with van der Waals surface area (Å²) in [5.74, 6) is 0.911. The van der Waals surface area contributed by atoms with Crippen molar-refractivity contribution < 1.29 is 13.9 Å². The molecular weight excluding hydrogens is 433 g/mol. The van der Waals surface area contributed by atoms with E-state index in [-0.39, 0.29) is 12.4 Å². The Balaban J connectivity index is 1.85. The van der Waals surface area contributed by atoms with Crippen LogP contribution in [0.5, 0.6) is 11.5 Å². The van der Waals surface area contributed by atoms with Gasteiger partial charge in [0.2, 0.25) is 0 Å². The number of hydrogen-bond donors (Lipinski definition) is 0. The summed E-state index contributed by atoms with van der Waals surface area (Å²) in [5.41, 5.74) is 4.86. The molecule has 0 saturated carbocycles. The highest BCUT2D eigenvalue weighted by Gasteiger charge is 2.12. The van der Waals surface area contributed by atoms with E-state index < -0.39 is 0 Å². The minimum Gasteiger partial charge on any atom is -0.490 e. The topological polar surface area (TPSA) is 30.8 Å². The van der Waals surface area contributed by atoms with Gasteiger partial charge in [0.05, 0.1) is 16.8 Å². The fourth-order valence-corrected chi connectivity index (χ4v) is 3.42. The van der Waals surface area contributed by atoms with Crippen molar-refractivity contribution >= 4 is 27.8 Å². The summed E-state index contributed by atoms with van der Waals surface area (Å²) in [6, 6.07) is 16.4. The van der Waals surface area contributed by atoms with Gasteiger partial charge in [-0.1, -0.05) is 24.3 Å². The molecule has 0 radical (unpaired) electrons. The fraction of sp³-hybridized carbons (Fsp3) is 0.208. The molecule has 3 aromatic rings. The minimum absolute atomic E-state index is 0.242. The van der Waals surface area contributed by atoms with Crippen molar-refractivity contribution in [3.05, 3.63) is 87.1 Å². The van der Waals surface area contributed by atoms with Gasteiger partial charge in [0, 0.05) is 6.21 Å². The quantitative estimate of drug-likeness (QED) is 0.361. The molecule has 0 aromatic heterocycles. The maximum absolute atomic E-state index is 13.4. The summed E-state index contributed by atoms with van der Waals surface area (Å²) >= 11 is 3.57. The van der Waals surface area contributed by atoms with Crippen molar-refractivity contribution in [1.29, 1.82) is 0 Å². The molecule has 29 heavy (non-hydrogen) atoms. The highest BCUT2D eigenvalue weighted by molar-refractivity contribution is 9.10. The van der Waals surface area contributed by atoms with Gasteiger partial charge in [-0.15, -0.1) is 0 Å². The van der Waals surface area contributed by atoms with Crippen molar-refractivity contribution in [3.63, 3.8) is 0 Å². The predicted octanol–water partition coefficient (Wildman–Crippen LogP) is 6.93. The second kappa shape index (κ2) is 9.70. The lowest BCUT2D eigenvalue weighted by atomic mass is 10.1. The van der Waals surface area contributed by atoms with E-state index in [1.807, 2.05) is 45.2 Å². The van der Waals surface area contributed by atoms with Crippen LogP contribution in [-0.4, -0.2) is 12.8 Å². The Hall–Kier alpha value is -2.66. The van der Waals surface area contributed by atoms with E-state index in [1.54, 1.807) is 6.07 Å². The molecule has 3 nitrogen and oxygen atoms in total. The summed E-state index contributed by atoms with van der Waals surface area (Å²) in [7, 11) is 0. The molecule has 3 aromatic carbocycles. The summed E-state index contributed by atoms with van der Waals surface area (Å²) in [6.45, 7) is 6.75. The SMILES string of the molecule is CCOc1cc(C=Nc2cc(C)ccc2C)cc(Br)c1OCc1cccc(F)c1. The standard InChI is InChI=1S/C24H23BrFNO2/c1-4-28-23-13-19(14-27-22-10-16(2)8-9-17(22)3)12-21(25)24(23)29-15-18-6-5-7-20(26)11-18/h5-14H,4,15H2,1-3H3. The first kappa shape index (κ1) is 21.1. The van der Waals surface area contributed by atoms with Gasteiger partial charge in [0.15, 0.2) is 11.5 Å². The van der Waals surface area contributed by atoms with Crippen LogP contribution >= 0.6 is 15.9 Å². The third-order valence-electron chi connectivity index (χ3n) is 4.32. The number of ether oxygens (including phenoxy) is 2. The number of halogens is 2. The molecule has 0 aliphatic carbocycles. The van der Waals surface area contributed by atoms with Crippen LogP contribution in [0.4, 0.5) is 10.1 Å². The molecule has 0 N–H and O–H groups in total. The summed E-state index contributed by atoms with van der Waals surface area (Å²) in [6.07, 6.45) is 1.81. The Labute approximate surface area is 179 Å². The first-order chi connectivity index (χ1) is 14.0. The zero-order chi connectivity index (χ0) is 20.8. The van der Waals surface area contributed by atoms with Crippen molar-refractivity contribution in [2.45, 2.75) is 27.4 Å². The van der Waals surface area contributed by atoms with Crippen LogP contribution in [0.1, 0.15) is 29.2 Å². The van der Waals surface area contributed by atoms with E-state index in [9.17, 15) is 4.39 Å². The largest absolute Gasteiger partial charge is 0.490 e. The molecule has 0 fully saturated rings. The highest BCUT2D eigenvalue weighted by Crippen LogP contribution is 2.37. The van der Waals surface area contributed by atoms with E-state index in [0.29, 0.717) is 18.1 Å². The van der Waals surface area contributed by atoms with Crippen LogP contribution in [-0.2, 0) is 6.61 Å². The van der Waals surface area contributed by atoms with E-state index in [4.69, 9.17) is 9.47 Å². The molecule has 0 amide bonds. The number of benzene rings is 3. The Morgan fingerprint density at radius 1 is 1.03 bits per heavy atom. The number of nitrogens with zero attached hydrogens (tertiary/aromatic N) is 1. The van der Waals surface area contributed by atoms with Crippen LogP contribution in [0.3, 0.4) is 0 Å². The average molecular weight is 456 g/mol. The summed E-state index contributed by atoms with van der Waals surface area (Å²) in [5, 5.41) is 0. The smallest absolute Gasteiger partial charge is 0.175 e. The van der Waals surface area contributed by atoms with Gasteiger partial charge in [-0.2, -0.15) is 0 Å². The molecular formula is C24H23BrFNO2. The zero-order valence-corrected chi connectivity index (χ0v) is 18.3. The lowest BCUT2D eigenvalue weighted by molar-refractivity contribution is 0.267. The monoisotopic (exact) mass is 455 g/mol. The normalized spacial score (nSPS) is 11.1. The van der Waals surface area contributed by atoms with Crippen LogP contribution in [0.15, 0.2) is 64.1 Å². The van der Waals surface area contributed by atoms with Crippen molar-refractivity contribution in [1.82, 2.24) is 0 Å². The molecule has 0 bridgehead atoms. The number of hydrogen-bond acceptors (Lipinski definition) is 3. The molecule has 0 aliphatic heterocycles. The Morgan fingerprint density at radius 3 is 2.62 bits per heavy atom. The maximum atomic E-state index is 13.4. The lowest BCUT2D eigenvalue weighted by Crippen LogP contribution is -2.01. The van der Waals surface area contributed by atoms with Gasteiger partial charge in [-0.25, -0.2) is 4.39 Å².